The second kappa shape index (κ2) is 7.90. The summed E-state index contributed by atoms with van der Waals surface area (Å²) in [5, 5.41) is 12.3. The zero-order valence-electron chi connectivity index (χ0n) is 14.7. The van der Waals surface area contributed by atoms with Crippen molar-refractivity contribution in [2.24, 2.45) is 5.92 Å². The summed E-state index contributed by atoms with van der Waals surface area (Å²) in [6, 6.07) is 7.24. The van der Waals surface area contributed by atoms with Crippen molar-refractivity contribution in [3.05, 3.63) is 35.4 Å². The third-order valence-electron chi connectivity index (χ3n) is 4.69. The van der Waals surface area contributed by atoms with Gasteiger partial charge in [0.15, 0.2) is 5.78 Å². The molecule has 0 aliphatic carbocycles. The Labute approximate surface area is 143 Å². The number of aliphatic hydroxyl groups excluding tert-OH is 1. The van der Waals surface area contributed by atoms with Gasteiger partial charge in [-0.25, -0.2) is 0 Å². The van der Waals surface area contributed by atoms with Gasteiger partial charge in [0.05, 0.1) is 18.1 Å². The van der Waals surface area contributed by atoms with Gasteiger partial charge in [-0.15, -0.1) is 0 Å². The number of carbonyl (C=O) groups excluding carboxylic acids is 2. The van der Waals surface area contributed by atoms with Crippen molar-refractivity contribution in [1.82, 2.24) is 5.32 Å². The molecular weight excluding hydrogens is 306 g/mol. The molecule has 1 aliphatic rings. The minimum absolute atomic E-state index is 0.0179. The number of hydrogen-bond acceptors (Lipinski definition) is 4. The van der Waals surface area contributed by atoms with E-state index in [1.54, 1.807) is 12.1 Å². The normalized spacial score (nSPS) is 21.7. The summed E-state index contributed by atoms with van der Waals surface area (Å²) < 4.78 is 5.40. The van der Waals surface area contributed by atoms with Crippen LogP contribution < -0.4 is 5.32 Å². The Morgan fingerprint density at radius 2 is 1.92 bits per heavy atom. The Morgan fingerprint density at radius 3 is 2.42 bits per heavy atom. The molecule has 1 fully saturated rings. The largest absolute Gasteiger partial charge is 0.396 e. The highest BCUT2D eigenvalue weighted by atomic mass is 16.5. The van der Waals surface area contributed by atoms with E-state index in [1.807, 2.05) is 32.9 Å². The number of Topliss-reactive ketones (excluding diaryl/α,β-unsaturated/α-hetero) is 1. The molecule has 1 saturated heterocycles. The summed E-state index contributed by atoms with van der Waals surface area (Å²) in [4.78, 5) is 24.6. The molecule has 2 rings (SSSR count). The number of ether oxygens (including phenoxy) is 1. The summed E-state index contributed by atoms with van der Waals surface area (Å²) in [7, 11) is 0. The van der Waals surface area contributed by atoms with E-state index in [1.165, 1.54) is 0 Å². The maximum atomic E-state index is 12.6. The maximum Gasteiger partial charge on any atom is 0.227 e. The molecular formula is C19H27NO4. The topological polar surface area (TPSA) is 75.6 Å². The molecule has 0 unspecified atom stereocenters. The van der Waals surface area contributed by atoms with Gasteiger partial charge in [-0.2, -0.15) is 0 Å². The van der Waals surface area contributed by atoms with E-state index in [0.29, 0.717) is 31.6 Å². The number of ketones is 1. The van der Waals surface area contributed by atoms with E-state index in [4.69, 9.17) is 4.74 Å². The minimum Gasteiger partial charge on any atom is -0.396 e. The smallest absolute Gasteiger partial charge is 0.227 e. The van der Waals surface area contributed by atoms with E-state index < -0.39 is 5.54 Å². The van der Waals surface area contributed by atoms with Crippen LogP contribution in [-0.4, -0.2) is 42.2 Å². The molecule has 0 spiro atoms. The highest BCUT2D eigenvalue weighted by molar-refractivity contribution is 5.97. The lowest BCUT2D eigenvalue weighted by molar-refractivity contribution is -0.124. The van der Waals surface area contributed by atoms with Crippen LogP contribution in [0.1, 0.15) is 55.5 Å². The predicted molar refractivity (Wildman–Crippen MR) is 92.0 cm³/mol. The summed E-state index contributed by atoms with van der Waals surface area (Å²) in [5.41, 5.74) is 1.07. The monoisotopic (exact) mass is 333 g/mol. The van der Waals surface area contributed by atoms with Gasteiger partial charge < -0.3 is 15.2 Å². The lowest BCUT2D eigenvalue weighted by Gasteiger charge is -2.29. The molecule has 5 nitrogen and oxygen atoms in total. The molecule has 1 aliphatic heterocycles. The fourth-order valence-electron chi connectivity index (χ4n) is 2.97. The Kier molecular flexibility index (Phi) is 6.13. The van der Waals surface area contributed by atoms with E-state index in [9.17, 15) is 14.7 Å². The number of nitrogens with one attached hydrogen (secondary N) is 1. The van der Waals surface area contributed by atoms with Gasteiger partial charge in [-0.05, 0) is 25.3 Å². The van der Waals surface area contributed by atoms with Crippen molar-refractivity contribution >= 4 is 11.7 Å². The molecule has 1 aromatic rings. The molecule has 24 heavy (non-hydrogen) atoms. The predicted octanol–water partition coefficient (Wildman–Crippen LogP) is 2.29. The van der Waals surface area contributed by atoms with Crippen LogP contribution >= 0.6 is 0 Å². The van der Waals surface area contributed by atoms with Gasteiger partial charge in [0.1, 0.15) is 0 Å². The molecule has 1 amide bonds. The lowest BCUT2D eigenvalue weighted by atomic mass is 9.91. The molecule has 2 N–H and O–H groups in total. The first-order chi connectivity index (χ1) is 11.4. The van der Waals surface area contributed by atoms with Crippen LogP contribution in [0, 0.1) is 5.92 Å². The molecule has 0 aromatic heterocycles. The quantitative estimate of drug-likeness (QED) is 0.751. The van der Waals surface area contributed by atoms with Crippen LogP contribution in [0.2, 0.25) is 0 Å². The summed E-state index contributed by atoms with van der Waals surface area (Å²) in [6.07, 6.45) is 1.21. The third-order valence-corrected chi connectivity index (χ3v) is 4.69. The molecule has 0 saturated carbocycles. The van der Waals surface area contributed by atoms with Gasteiger partial charge in [-0.3, -0.25) is 9.59 Å². The highest BCUT2D eigenvalue weighted by Crippen LogP contribution is 2.25. The fourth-order valence-corrected chi connectivity index (χ4v) is 2.97. The van der Waals surface area contributed by atoms with E-state index in [0.717, 1.165) is 5.56 Å². The van der Waals surface area contributed by atoms with Gasteiger partial charge in [-0.1, -0.05) is 38.1 Å². The van der Waals surface area contributed by atoms with Crippen molar-refractivity contribution in [2.75, 3.05) is 19.8 Å². The van der Waals surface area contributed by atoms with E-state index in [-0.39, 0.29) is 30.1 Å². The summed E-state index contributed by atoms with van der Waals surface area (Å²) in [5.74, 6) is -0.359. The Hall–Kier alpha value is -1.72. The average Bonchev–Trinajstić information content (AvgIpc) is 3.02. The zero-order valence-corrected chi connectivity index (χ0v) is 14.7. The molecule has 5 heteroatoms. The molecule has 2 atom stereocenters. The minimum atomic E-state index is -0.465. The van der Waals surface area contributed by atoms with Gasteiger partial charge in [0.25, 0.3) is 0 Å². The average molecular weight is 333 g/mol. The molecule has 0 radical (unpaired) electrons. The van der Waals surface area contributed by atoms with Crippen LogP contribution in [0.4, 0.5) is 0 Å². The number of benzene rings is 1. The molecule has 0 bridgehead atoms. The zero-order chi connectivity index (χ0) is 17.7. The van der Waals surface area contributed by atoms with Crippen LogP contribution in [0.25, 0.3) is 0 Å². The number of aliphatic hydroxyl groups is 1. The van der Waals surface area contributed by atoms with Crippen LogP contribution in [0.15, 0.2) is 24.3 Å². The number of carbonyl (C=O) groups is 2. The second-order valence-electron chi connectivity index (χ2n) is 6.91. The summed E-state index contributed by atoms with van der Waals surface area (Å²) >= 11 is 0. The Morgan fingerprint density at radius 1 is 1.25 bits per heavy atom. The summed E-state index contributed by atoms with van der Waals surface area (Å²) in [6.45, 7) is 6.64. The fraction of sp³-hybridized carbons (Fsp3) is 0.579. The molecule has 1 heterocycles. The highest BCUT2D eigenvalue weighted by Gasteiger charge is 2.36. The van der Waals surface area contributed by atoms with Crippen molar-refractivity contribution in [2.45, 2.75) is 45.1 Å². The first-order valence-electron chi connectivity index (χ1n) is 8.53. The molecule has 132 valence electrons. The van der Waals surface area contributed by atoms with E-state index >= 15 is 0 Å². The van der Waals surface area contributed by atoms with Crippen molar-refractivity contribution in [3.8, 4) is 0 Å². The van der Waals surface area contributed by atoms with Crippen LogP contribution in [-0.2, 0) is 9.53 Å². The van der Waals surface area contributed by atoms with Gasteiger partial charge >= 0.3 is 0 Å². The van der Waals surface area contributed by atoms with Crippen molar-refractivity contribution in [1.29, 1.82) is 0 Å². The van der Waals surface area contributed by atoms with Crippen molar-refractivity contribution in [3.63, 3.8) is 0 Å². The maximum absolute atomic E-state index is 12.6. The van der Waals surface area contributed by atoms with Crippen LogP contribution in [0.3, 0.4) is 0 Å². The van der Waals surface area contributed by atoms with Crippen LogP contribution in [0.5, 0.6) is 0 Å². The standard InChI is InChI=1S/C19H27NO4/c1-13(2)17(22)16-6-4-15(5-7-16)14(3)18(23)20-19(8-10-21)9-11-24-12-19/h4-7,13-14,21H,8-12H2,1-3H3,(H,20,23)/t14-,19-/m1/s1. The SMILES string of the molecule is CC(C)C(=O)c1ccc([C@@H](C)C(=O)N[C@]2(CCO)CCOC2)cc1. The number of rotatable bonds is 7. The van der Waals surface area contributed by atoms with Gasteiger partial charge in [0, 0.05) is 24.7 Å². The second-order valence-corrected chi connectivity index (χ2v) is 6.91. The lowest BCUT2D eigenvalue weighted by Crippen LogP contribution is -2.50. The third kappa shape index (κ3) is 4.22. The Balaban J connectivity index is 2.06. The Bertz CT molecular complexity index is 574. The first kappa shape index (κ1) is 18.6. The molecule has 1 aromatic carbocycles. The number of amides is 1. The van der Waals surface area contributed by atoms with E-state index in [2.05, 4.69) is 5.32 Å². The van der Waals surface area contributed by atoms with Gasteiger partial charge in [0.2, 0.25) is 5.91 Å². The van der Waals surface area contributed by atoms with Crippen molar-refractivity contribution < 1.29 is 19.4 Å². The first-order valence-corrected chi connectivity index (χ1v) is 8.53. The number of hydrogen-bond donors (Lipinski definition) is 2.